The van der Waals surface area contributed by atoms with E-state index in [9.17, 15) is 39.3 Å². The largest absolute Gasteiger partial charge is 0.497 e. The molecule has 1 aliphatic heterocycles. The van der Waals surface area contributed by atoms with Crippen LogP contribution in [0.5, 0.6) is 11.5 Å². The molecular weight excluding hydrogens is 887 g/mol. The van der Waals surface area contributed by atoms with Crippen LogP contribution in [0.3, 0.4) is 0 Å². The molecule has 0 radical (unpaired) electrons. The van der Waals surface area contributed by atoms with E-state index in [1.165, 1.54) is 78.3 Å². The molecule has 1 saturated heterocycles. The topological polar surface area (TPSA) is 249 Å². The second-order valence-corrected chi connectivity index (χ2v) is 19.9. The van der Waals surface area contributed by atoms with Gasteiger partial charge in [0.15, 0.2) is 23.6 Å². The van der Waals surface area contributed by atoms with E-state index in [2.05, 4.69) is 5.32 Å². The number of nitrogens with one attached hydrogen (secondary N) is 1. The summed E-state index contributed by atoms with van der Waals surface area (Å²) in [4.78, 5) is 85.5. The summed E-state index contributed by atoms with van der Waals surface area (Å²) >= 11 is 0. The van der Waals surface area contributed by atoms with Crippen LogP contribution in [-0.2, 0) is 42.8 Å². The zero-order chi connectivity index (χ0) is 50.5. The number of amides is 1. The van der Waals surface area contributed by atoms with E-state index in [0.29, 0.717) is 5.57 Å². The van der Waals surface area contributed by atoms with Crippen molar-refractivity contribution < 1.29 is 82.0 Å². The van der Waals surface area contributed by atoms with Crippen LogP contribution in [0.2, 0.25) is 0 Å². The predicted molar refractivity (Wildman–Crippen MR) is 240 cm³/mol. The number of para-hydroxylation sites is 1. The molecule has 0 unspecified atom stereocenters. The van der Waals surface area contributed by atoms with E-state index in [-0.39, 0.29) is 46.8 Å². The number of ketones is 1. The van der Waals surface area contributed by atoms with Crippen molar-refractivity contribution in [3.05, 3.63) is 82.5 Å². The highest BCUT2D eigenvalue weighted by molar-refractivity contribution is 5.99. The van der Waals surface area contributed by atoms with E-state index in [0.717, 1.165) is 6.92 Å². The second kappa shape index (κ2) is 18.9. The molecule has 3 fully saturated rings. The fourth-order valence-electron chi connectivity index (χ4n) is 10.4. The van der Waals surface area contributed by atoms with Crippen LogP contribution < -0.4 is 14.8 Å². The first kappa shape index (κ1) is 51.6. The SMILES string of the molecule is COc1cccc(C(=O)O[C@H]2[C@@H]3[C@]4(OC(C)=O)CO[C@@H]4C[C@H](O)[C@@]3(C)C(=O)[C@H](OC(=O)c3ccccc3OC)C3=C(C)[C@@H](OC(=O)[C@H](O)[C@H](C=C(C)C)NC(=O)OC(C)(C)C)C[C@]2(O)C3(C)C)c1. The number of carbonyl (C=O) groups excluding carboxylic acids is 6. The van der Waals surface area contributed by atoms with Crippen molar-refractivity contribution in [2.24, 2.45) is 16.7 Å². The highest BCUT2D eigenvalue weighted by Crippen LogP contribution is 2.64. The second-order valence-electron chi connectivity index (χ2n) is 19.9. The summed E-state index contributed by atoms with van der Waals surface area (Å²) in [7, 11) is 2.74. The van der Waals surface area contributed by atoms with Gasteiger partial charge in [0.05, 0.1) is 49.9 Å². The van der Waals surface area contributed by atoms with Crippen molar-refractivity contribution in [3.63, 3.8) is 0 Å². The number of aliphatic hydroxyl groups is 3. The Morgan fingerprint density at radius 2 is 1.60 bits per heavy atom. The third-order valence-corrected chi connectivity index (χ3v) is 13.8. The number of esters is 4. The van der Waals surface area contributed by atoms with Crippen molar-refractivity contribution in [3.8, 4) is 11.5 Å². The smallest absolute Gasteiger partial charge is 0.408 e. The number of hydrogen-bond donors (Lipinski definition) is 4. The van der Waals surface area contributed by atoms with Gasteiger partial charge in [0.2, 0.25) is 0 Å². The van der Waals surface area contributed by atoms with Gasteiger partial charge >= 0.3 is 30.0 Å². The molecule has 2 aromatic rings. The minimum absolute atomic E-state index is 0.0413. The number of benzene rings is 2. The van der Waals surface area contributed by atoms with Gasteiger partial charge in [0.1, 0.15) is 46.6 Å². The Morgan fingerprint density at radius 1 is 0.926 bits per heavy atom. The molecule has 0 spiro atoms. The lowest BCUT2D eigenvalue weighted by Crippen LogP contribution is -2.82. The lowest BCUT2D eigenvalue weighted by molar-refractivity contribution is -0.345. The molecule has 370 valence electrons. The number of aliphatic hydroxyl groups excluding tert-OH is 2. The molecule has 3 aliphatic carbocycles. The van der Waals surface area contributed by atoms with E-state index >= 15 is 4.79 Å². The van der Waals surface area contributed by atoms with E-state index < -0.39 is 118 Å². The van der Waals surface area contributed by atoms with Crippen LogP contribution in [0.1, 0.15) is 103 Å². The maximum absolute atomic E-state index is 16.0. The molecular formula is C50H63NO17. The number of ether oxygens (including phenoxy) is 8. The number of methoxy groups -OCH3 is 2. The number of allylic oxidation sites excluding steroid dienone is 1. The summed E-state index contributed by atoms with van der Waals surface area (Å²) in [6.07, 6.45) is -10.7. The Hall–Kier alpha value is -5.82. The van der Waals surface area contributed by atoms with Crippen LogP contribution >= 0.6 is 0 Å². The molecule has 4 N–H and O–H groups in total. The first-order valence-electron chi connectivity index (χ1n) is 22.4. The highest BCUT2D eigenvalue weighted by Gasteiger charge is 2.78. The summed E-state index contributed by atoms with van der Waals surface area (Å²) in [6.45, 7) is 15.0. The summed E-state index contributed by atoms with van der Waals surface area (Å²) in [5.41, 5.74) is -8.73. The fourth-order valence-corrected chi connectivity index (χ4v) is 10.4. The van der Waals surface area contributed by atoms with Gasteiger partial charge in [0.25, 0.3) is 0 Å². The molecule has 1 heterocycles. The number of carbonyl (C=O) groups is 6. The first-order chi connectivity index (χ1) is 31.7. The van der Waals surface area contributed by atoms with Crippen molar-refractivity contribution in [2.75, 3.05) is 20.8 Å². The minimum Gasteiger partial charge on any atom is -0.497 e. The molecule has 1 amide bonds. The van der Waals surface area contributed by atoms with Gasteiger partial charge in [-0.1, -0.05) is 43.7 Å². The molecule has 6 rings (SSSR count). The third-order valence-electron chi connectivity index (χ3n) is 13.8. The zero-order valence-corrected chi connectivity index (χ0v) is 40.5. The molecule has 68 heavy (non-hydrogen) atoms. The van der Waals surface area contributed by atoms with E-state index in [1.54, 1.807) is 52.8 Å². The number of hydrogen-bond acceptors (Lipinski definition) is 17. The number of Topliss-reactive ketones (excluding diaryl/α,β-unsaturated/α-hetero) is 1. The molecule has 18 heteroatoms. The summed E-state index contributed by atoms with van der Waals surface area (Å²) in [5.74, 6) is -6.36. The lowest BCUT2D eigenvalue weighted by atomic mass is 9.44. The average molecular weight is 950 g/mol. The molecule has 11 atom stereocenters. The van der Waals surface area contributed by atoms with Crippen molar-refractivity contribution in [1.29, 1.82) is 0 Å². The molecule has 2 bridgehead atoms. The van der Waals surface area contributed by atoms with Crippen LogP contribution in [0.15, 0.2) is 71.3 Å². The average Bonchev–Trinajstić information content (AvgIpc) is 3.25. The van der Waals surface area contributed by atoms with Crippen LogP contribution in [0.4, 0.5) is 4.79 Å². The summed E-state index contributed by atoms with van der Waals surface area (Å²) in [6, 6.07) is 10.7. The van der Waals surface area contributed by atoms with Crippen molar-refractivity contribution in [2.45, 2.75) is 142 Å². The molecule has 4 aliphatic rings. The Labute approximate surface area is 395 Å². The van der Waals surface area contributed by atoms with E-state index in [4.69, 9.17) is 37.9 Å². The van der Waals surface area contributed by atoms with Gasteiger partial charge in [0, 0.05) is 25.2 Å². The number of fused-ring (bicyclic) bond motifs is 5. The monoisotopic (exact) mass is 949 g/mol. The van der Waals surface area contributed by atoms with Crippen molar-refractivity contribution >= 4 is 35.8 Å². The van der Waals surface area contributed by atoms with Gasteiger partial charge in [-0.25, -0.2) is 19.2 Å². The fraction of sp³-hybridized carbons (Fsp3) is 0.560. The Kier molecular flexibility index (Phi) is 14.4. The van der Waals surface area contributed by atoms with Crippen LogP contribution in [0.25, 0.3) is 0 Å². The predicted octanol–water partition coefficient (Wildman–Crippen LogP) is 4.74. The normalized spacial score (nSPS) is 30.2. The maximum atomic E-state index is 16.0. The minimum atomic E-state index is -2.49. The zero-order valence-electron chi connectivity index (χ0n) is 40.5. The Morgan fingerprint density at radius 3 is 2.19 bits per heavy atom. The molecule has 0 aromatic heterocycles. The molecule has 2 saturated carbocycles. The Bertz CT molecular complexity index is 2400. The highest BCUT2D eigenvalue weighted by atomic mass is 16.6. The Balaban J connectivity index is 1.60. The first-order valence-corrected chi connectivity index (χ1v) is 22.4. The van der Waals surface area contributed by atoms with Gasteiger partial charge < -0.3 is 58.5 Å². The van der Waals surface area contributed by atoms with Gasteiger partial charge in [-0.2, -0.15) is 0 Å². The van der Waals surface area contributed by atoms with Gasteiger partial charge in [-0.15, -0.1) is 0 Å². The van der Waals surface area contributed by atoms with Crippen molar-refractivity contribution in [1.82, 2.24) is 5.32 Å². The van der Waals surface area contributed by atoms with Gasteiger partial charge in [-0.3, -0.25) is 9.59 Å². The third kappa shape index (κ3) is 9.22. The summed E-state index contributed by atoms with van der Waals surface area (Å²) < 4.78 is 47.1. The van der Waals surface area contributed by atoms with Gasteiger partial charge in [-0.05, 0) is 89.9 Å². The molecule has 18 nitrogen and oxygen atoms in total. The standard InChI is InChI=1S/C50H63NO17/c1-25(2)20-31(51-45(59)68-46(5,6)7)37(54)44(58)64-33-23-50(60)41(66-42(56)28-16-15-17-29(21-28)61-11)39-48(10,34(53)22-35-49(39,24-63-35)67-27(4)52)40(55)38(36(26(33)3)47(50,8)9)65-43(57)30-18-13-14-19-32(30)62-12/h13-21,31,33-35,37-39,41,53-54,60H,22-24H2,1-12H3,(H,51,59)/t31-,33-,34-,35+,37+,38+,39-,41-,48+,49-,50+/m0/s1. The summed E-state index contributed by atoms with van der Waals surface area (Å²) in [5, 5.41) is 40.4. The number of rotatable bonds is 12. The maximum Gasteiger partial charge on any atom is 0.408 e. The molecule has 2 aromatic carbocycles. The van der Waals surface area contributed by atoms with Crippen LogP contribution in [0, 0.1) is 16.7 Å². The lowest BCUT2D eigenvalue weighted by Gasteiger charge is -2.67. The quantitative estimate of drug-likeness (QED) is 0.127. The van der Waals surface area contributed by atoms with E-state index in [1.807, 2.05) is 0 Å². The van der Waals surface area contributed by atoms with Crippen LogP contribution in [-0.4, -0.2) is 131 Å². The number of alkyl carbamates (subject to hydrolysis) is 1.